The molecule has 0 radical (unpaired) electrons. The van der Waals surface area contributed by atoms with E-state index in [-0.39, 0.29) is 0 Å². The number of rotatable bonds is 7. The van der Waals surface area contributed by atoms with Crippen LogP contribution in [0.1, 0.15) is 19.3 Å². The quantitative estimate of drug-likeness (QED) is 0.381. The molecule has 0 fully saturated rings. The molecule has 0 aliphatic carbocycles. The summed E-state index contributed by atoms with van der Waals surface area (Å²) >= 11 is 0. The zero-order valence-electron chi connectivity index (χ0n) is 6.92. The summed E-state index contributed by atoms with van der Waals surface area (Å²) in [6.45, 7) is -0.262. The van der Waals surface area contributed by atoms with Crippen LogP contribution in [0.4, 0.5) is 4.39 Å². The Balaban J connectivity index is 3.56. The molecule has 4 N–H and O–H groups in total. The fourth-order valence-electron chi connectivity index (χ4n) is 0.899. The molecule has 0 aromatic carbocycles. The first-order valence-corrected chi connectivity index (χ1v) is 3.94. The maximum absolute atomic E-state index is 11.7. The van der Waals surface area contributed by atoms with Crippen LogP contribution in [0.25, 0.3) is 0 Å². The van der Waals surface area contributed by atoms with E-state index in [2.05, 4.69) is 5.32 Å². The summed E-state index contributed by atoms with van der Waals surface area (Å²) in [7, 11) is 0. The van der Waals surface area contributed by atoms with Crippen LogP contribution in [0.2, 0.25) is 0 Å². The molecule has 4 nitrogen and oxygen atoms in total. The van der Waals surface area contributed by atoms with Crippen LogP contribution < -0.4 is 11.1 Å². The van der Waals surface area contributed by atoms with Gasteiger partial charge in [0.2, 0.25) is 0 Å². The van der Waals surface area contributed by atoms with Crippen LogP contribution in [0.3, 0.4) is 0 Å². The van der Waals surface area contributed by atoms with Gasteiger partial charge in [-0.1, -0.05) is 6.42 Å². The fraction of sp³-hybridized carbons (Fsp3) is 0.857. The molecule has 0 heterocycles. The van der Waals surface area contributed by atoms with Crippen molar-refractivity contribution >= 4 is 5.97 Å². The molecule has 5 heteroatoms. The van der Waals surface area contributed by atoms with E-state index in [0.29, 0.717) is 19.4 Å². The van der Waals surface area contributed by atoms with E-state index in [1.807, 2.05) is 0 Å². The molecular formula is C7H15FN2O2. The van der Waals surface area contributed by atoms with E-state index in [9.17, 15) is 9.18 Å². The Morgan fingerprint density at radius 2 is 2.25 bits per heavy atom. The number of alkyl halides is 1. The van der Waals surface area contributed by atoms with Gasteiger partial charge in [-0.2, -0.15) is 0 Å². The summed E-state index contributed by atoms with van der Waals surface area (Å²) in [5.74, 6) is -1.01. The predicted octanol–water partition coefficient (Wildman–Crippen LogP) is 0.0852. The van der Waals surface area contributed by atoms with Crippen LogP contribution in [0.15, 0.2) is 0 Å². The molecule has 0 aliphatic rings. The monoisotopic (exact) mass is 178 g/mol. The average Bonchev–Trinajstić information content (AvgIpc) is 2.03. The van der Waals surface area contributed by atoms with Crippen molar-refractivity contribution in [1.29, 1.82) is 0 Å². The van der Waals surface area contributed by atoms with Crippen molar-refractivity contribution in [3.63, 3.8) is 0 Å². The van der Waals surface area contributed by atoms with Gasteiger partial charge < -0.3 is 10.8 Å². The Kier molecular flexibility index (Phi) is 6.60. The lowest BCUT2D eigenvalue weighted by molar-refractivity contribution is -0.139. The van der Waals surface area contributed by atoms with Crippen LogP contribution in [0.5, 0.6) is 0 Å². The molecule has 0 spiro atoms. The zero-order chi connectivity index (χ0) is 9.40. The smallest absolute Gasteiger partial charge is 0.320 e. The average molecular weight is 178 g/mol. The van der Waals surface area contributed by atoms with E-state index in [4.69, 9.17) is 10.8 Å². The number of nitrogens with two attached hydrogens (primary N) is 1. The van der Waals surface area contributed by atoms with Gasteiger partial charge in [0.25, 0.3) is 0 Å². The van der Waals surface area contributed by atoms with Crippen molar-refractivity contribution in [2.75, 3.05) is 13.3 Å². The summed E-state index contributed by atoms with van der Waals surface area (Å²) in [6.07, 6.45) is 1.91. The highest BCUT2D eigenvalue weighted by Crippen LogP contribution is 2.00. The molecule has 1 atom stereocenters. The molecular weight excluding hydrogens is 163 g/mol. The highest BCUT2D eigenvalue weighted by molar-refractivity contribution is 5.73. The van der Waals surface area contributed by atoms with Gasteiger partial charge in [-0.3, -0.25) is 10.1 Å². The molecule has 0 aromatic heterocycles. The maximum Gasteiger partial charge on any atom is 0.320 e. The molecule has 0 amide bonds. The van der Waals surface area contributed by atoms with Gasteiger partial charge in [0.15, 0.2) is 0 Å². The number of hydrogen-bond acceptors (Lipinski definition) is 3. The van der Waals surface area contributed by atoms with Gasteiger partial charge in [0.1, 0.15) is 12.8 Å². The standard InChI is InChI=1S/C7H15FN2O2/c8-5-10-6(7(11)12)3-1-2-4-9/h6,10H,1-5,9H2,(H,11,12)/t6-/m0/s1. The Morgan fingerprint density at radius 1 is 1.58 bits per heavy atom. The summed E-state index contributed by atoms with van der Waals surface area (Å²) < 4.78 is 11.7. The Hall–Kier alpha value is -0.680. The molecule has 0 rings (SSSR count). The molecule has 0 unspecified atom stereocenters. The normalized spacial score (nSPS) is 12.8. The molecule has 0 aromatic rings. The summed E-state index contributed by atoms with van der Waals surface area (Å²) in [6, 6.07) is -0.776. The Labute approximate surface area is 70.9 Å². The second-order valence-electron chi connectivity index (χ2n) is 2.51. The van der Waals surface area contributed by atoms with Crippen molar-refractivity contribution in [3.05, 3.63) is 0 Å². The van der Waals surface area contributed by atoms with Crippen LogP contribution in [-0.2, 0) is 4.79 Å². The SMILES string of the molecule is NCCCC[C@H](NCF)C(=O)O. The number of carboxylic acids is 1. The molecule has 0 saturated heterocycles. The van der Waals surface area contributed by atoms with Gasteiger partial charge in [-0.15, -0.1) is 0 Å². The first kappa shape index (κ1) is 11.3. The maximum atomic E-state index is 11.7. The number of hydrogen-bond donors (Lipinski definition) is 3. The fourth-order valence-corrected chi connectivity index (χ4v) is 0.899. The second kappa shape index (κ2) is 7.00. The number of halogens is 1. The van der Waals surface area contributed by atoms with Gasteiger partial charge in [-0.25, -0.2) is 4.39 Å². The topological polar surface area (TPSA) is 75.3 Å². The van der Waals surface area contributed by atoms with Crippen molar-refractivity contribution in [3.8, 4) is 0 Å². The van der Waals surface area contributed by atoms with E-state index < -0.39 is 18.8 Å². The third-order valence-corrected chi connectivity index (χ3v) is 1.57. The lowest BCUT2D eigenvalue weighted by atomic mass is 10.1. The molecule has 0 bridgehead atoms. The molecule has 72 valence electrons. The minimum atomic E-state index is -1.01. The summed E-state index contributed by atoms with van der Waals surface area (Å²) in [5.41, 5.74) is 5.22. The van der Waals surface area contributed by atoms with Crippen molar-refractivity contribution in [2.24, 2.45) is 5.73 Å². The van der Waals surface area contributed by atoms with E-state index in [1.54, 1.807) is 0 Å². The van der Waals surface area contributed by atoms with Crippen LogP contribution >= 0.6 is 0 Å². The Morgan fingerprint density at radius 3 is 2.67 bits per heavy atom. The lowest BCUT2D eigenvalue weighted by Gasteiger charge is -2.10. The highest BCUT2D eigenvalue weighted by atomic mass is 19.1. The van der Waals surface area contributed by atoms with E-state index in [1.165, 1.54) is 0 Å². The summed E-state index contributed by atoms with van der Waals surface area (Å²) in [5, 5.41) is 10.8. The zero-order valence-corrected chi connectivity index (χ0v) is 6.92. The van der Waals surface area contributed by atoms with E-state index in [0.717, 1.165) is 6.42 Å². The van der Waals surface area contributed by atoms with Crippen molar-refractivity contribution in [2.45, 2.75) is 25.3 Å². The first-order chi connectivity index (χ1) is 5.72. The molecule has 0 saturated carbocycles. The van der Waals surface area contributed by atoms with Gasteiger partial charge in [0.05, 0.1) is 0 Å². The minimum absolute atomic E-state index is 0.427. The third-order valence-electron chi connectivity index (χ3n) is 1.57. The van der Waals surface area contributed by atoms with Crippen molar-refractivity contribution < 1.29 is 14.3 Å². The molecule has 12 heavy (non-hydrogen) atoms. The summed E-state index contributed by atoms with van der Waals surface area (Å²) in [4.78, 5) is 10.4. The molecule has 0 aliphatic heterocycles. The third kappa shape index (κ3) is 5.03. The number of carbonyl (C=O) groups is 1. The van der Waals surface area contributed by atoms with Crippen LogP contribution in [0, 0.1) is 0 Å². The number of nitrogens with one attached hydrogen (secondary N) is 1. The number of aliphatic carboxylic acids is 1. The van der Waals surface area contributed by atoms with Gasteiger partial charge >= 0.3 is 5.97 Å². The second-order valence-corrected chi connectivity index (χ2v) is 2.51. The Bertz CT molecular complexity index is 133. The van der Waals surface area contributed by atoms with Gasteiger partial charge in [-0.05, 0) is 19.4 Å². The predicted molar refractivity (Wildman–Crippen MR) is 43.4 cm³/mol. The van der Waals surface area contributed by atoms with Crippen LogP contribution in [-0.4, -0.2) is 30.5 Å². The van der Waals surface area contributed by atoms with Gasteiger partial charge in [0, 0.05) is 0 Å². The largest absolute Gasteiger partial charge is 0.480 e. The van der Waals surface area contributed by atoms with E-state index >= 15 is 0 Å². The lowest BCUT2D eigenvalue weighted by Crippen LogP contribution is -2.36. The van der Waals surface area contributed by atoms with Crippen molar-refractivity contribution in [1.82, 2.24) is 5.32 Å². The number of unbranched alkanes of at least 4 members (excludes halogenated alkanes) is 1. The highest BCUT2D eigenvalue weighted by Gasteiger charge is 2.14. The minimum Gasteiger partial charge on any atom is -0.480 e. The first-order valence-electron chi connectivity index (χ1n) is 3.94. The number of carboxylic acid groups (broad SMARTS) is 1.